The molecule has 0 amide bonds. The molecule has 1 aromatic heterocycles. The zero-order valence-corrected chi connectivity index (χ0v) is 18.0. The van der Waals surface area contributed by atoms with Crippen molar-refractivity contribution in [2.75, 3.05) is 19.6 Å². The number of halogens is 1. The molecule has 138 valence electrons. The molecule has 0 aliphatic rings. The Balaban J connectivity index is 0.00000312. The summed E-state index contributed by atoms with van der Waals surface area (Å²) in [6.45, 7) is 6.49. The molecule has 0 bridgehead atoms. The molecule has 1 heterocycles. The molecular weight excluding hydrogens is 445 g/mol. The third-order valence-corrected chi connectivity index (χ3v) is 4.89. The predicted octanol–water partition coefficient (Wildman–Crippen LogP) is 4.15. The molecule has 0 saturated heterocycles. The van der Waals surface area contributed by atoms with Gasteiger partial charge in [-0.05, 0) is 30.4 Å². The average Bonchev–Trinajstić information content (AvgIpc) is 3.14. The van der Waals surface area contributed by atoms with Crippen LogP contribution in [0.25, 0.3) is 0 Å². The largest absolute Gasteiger partial charge is 0.388 e. The van der Waals surface area contributed by atoms with E-state index < -0.39 is 6.10 Å². The highest BCUT2D eigenvalue weighted by atomic mass is 127. The summed E-state index contributed by atoms with van der Waals surface area (Å²) in [6.07, 6.45) is 0.196. The third-order valence-electron chi connectivity index (χ3n) is 3.79. The highest BCUT2D eigenvalue weighted by Crippen LogP contribution is 2.20. The minimum atomic E-state index is -0.452. The van der Waals surface area contributed by atoms with Gasteiger partial charge in [0.2, 0.25) is 0 Å². The quantitative estimate of drug-likeness (QED) is 0.307. The SMILES string of the molecule is CCNC(=NCC(C)c1cccs1)NCCC(O)c1ccccc1.I. The maximum absolute atomic E-state index is 10.2. The normalized spacial score (nSPS) is 13.6. The van der Waals surface area contributed by atoms with Gasteiger partial charge in [-0.1, -0.05) is 43.3 Å². The van der Waals surface area contributed by atoms with E-state index in [9.17, 15) is 5.11 Å². The van der Waals surface area contributed by atoms with E-state index in [1.807, 2.05) is 30.3 Å². The molecule has 0 radical (unpaired) electrons. The number of aliphatic hydroxyl groups excluding tert-OH is 1. The van der Waals surface area contributed by atoms with Gasteiger partial charge in [0, 0.05) is 23.9 Å². The Bertz CT molecular complexity index is 604. The Morgan fingerprint density at radius 3 is 2.56 bits per heavy atom. The van der Waals surface area contributed by atoms with Crippen LogP contribution >= 0.6 is 35.3 Å². The highest BCUT2D eigenvalue weighted by molar-refractivity contribution is 14.0. The molecule has 0 spiro atoms. The van der Waals surface area contributed by atoms with E-state index >= 15 is 0 Å². The maximum atomic E-state index is 10.2. The van der Waals surface area contributed by atoms with Crippen LogP contribution in [0.4, 0.5) is 0 Å². The van der Waals surface area contributed by atoms with Crippen molar-refractivity contribution in [2.45, 2.75) is 32.3 Å². The molecule has 0 fully saturated rings. The summed E-state index contributed by atoms with van der Waals surface area (Å²) in [5, 5.41) is 18.9. The lowest BCUT2D eigenvalue weighted by Crippen LogP contribution is -2.38. The van der Waals surface area contributed by atoms with Crippen LogP contribution < -0.4 is 10.6 Å². The van der Waals surface area contributed by atoms with Gasteiger partial charge in [0.05, 0.1) is 12.6 Å². The van der Waals surface area contributed by atoms with Crippen molar-refractivity contribution in [2.24, 2.45) is 4.99 Å². The lowest BCUT2D eigenvalue weighted by Gasteiger charge is -2.15. The molecule has 0 saturated carbocycles. The van der Waals surface area contributed by atoms with Crippen LogP contribution in [0, 0.1) is 0 Å². The zero-order valence-electron chi connectivity index (χ0n) is 14.8. The first kappa shape index (κ1) is 21.9. The first-order valence-electron chi connectivity index (χ1n) is 8.49. The summed E-state index contributed by atoms with van der Waals surface area (Å²) in [5.41, 5.74) is 0.951. The zero-order chi connectivity index (χ0) is 17.2. The summed E-state index contributed by atoms with van der Waals surface area (Å²) >= 11 is 1.77. The van der Waals surface area contributed by atoms with Crippen LogP contribution in [0.2, 0.25) is 0 Å². The fraction of sp³-hybridized carbons (Fsp3) is 0.421. The number of hydrogen-bond acceptors (Lipinski definition) is 3. The number of hydrogen-bond donors (Lipinski definition) is 3. The van der Waals surface area contributed by atoms with E-state index in [2.05, 4.69) is 47.0 Å². The van der Waals surface area contributed by atoms with Crippen LogP contribution in [0.1, 0.15) is 42.7 Å². The first-order valence-corrected chi connectivity index (χ1v) is 9.37. The van der Waals surface area contributed by atoms with Gasteiger partial charge < -0.3 is 15.7 Å². The van der Waals surface area contributed by atoms with Crippen molar-refractivity contribution in [1.29, 1.82) is 0 Å². The number of thiophene rings is 1. The molecule has 0 aliphatic heterocycles. The molecule has 0 aliphatic carbocycles. The van der Waals surface area contributed by atoms with Crippen molar-refractivity contribution in [3.05, 3.63) is 58.3 Å². The van der Waals surface area contributed by atoms with E-state index in [4.69, 9.17) is 0 Å². The topological polar surface area (TPSA) is 56.7 Å². The fourth-order valence-corrected chi connectivity index (χ4v) is 3.18. The van der Waals surface area contributed by atoms with Crippen molar-refractivity contribution in [3.8, 4) is 0 Å². The van der Waals surface area contributed by atoms with Gasteiger partial charge in [-0.2, -0.15) is 0 Å². The number of rotatable bonds is 8. The molecule has 2 rings (SSSR count). The molecule has 4 nitrogen and oxygen atoms in total. The number of aliphatic hydroxyl groups is 1. The lowest BCUT2D eigenvalue weighted by atomic mass is 10.1. The predicted molar refractivity (Wildman–Crippen MR) is 118 cm³/mol. The van der Waals surface area contributed by atoms with Gasteiger partial charge in [-0.25, -0.2) is 0 Å². The molecule has 25 heavy (non-hydrogen) atoms. The van der Waals surface area contributed by atoms with Gasteiger partial charge >= 0.3 is 0 Å². The summed E-state index contributed by atoms with van der Waals surface area (Å²) in [7, 11) is 0. The molecule has 6 heteroatoms. The van der Waals surface area contributed by atoms with E-state index in [1.54, 1.807) is 11.3 Å². The minimum absolute atomic E-state index is 0. The van der Waals surface area contributed by atoms with Crippen molar-refractivity contribution in [3.63, 3.8) is 0 Å². The molecule has 2 atom stereocenters. The summed E-state index contributed by atoms with van der Waals surface area (Å²) in [4.78, 5) is 6.01. The second-order valence-electron chi connectivity index (χ2n) is 5.78. The Hall–Kier alpha value is -1.12. The van der Waals surface area contributed by atoms with Gasteiger partial charge in [-0.3, -0.25) is 4.99 Å². The van der Waals surface area contributed by atoms with Gasteiger partial charge in [0.25, 0.3) is 0 Å². The van der Waals surface area contributed by atoms with Gasteiger partial charge in [0.15, 0.2) is 5.96 Å². The van der Waals surface area contributed by atoms with Crippen LogP contribution in [0.5, 0.6) is 0 Å². The molecular formula is C19H28IN3OS. The van der Waals surface area contributed by atoms with Crippen molar-refractivity contribution >= 4 is 41.3 Å². The Labute approximate surface area is 171 Å². The Kier molecular flexibility index (Phi) is 10.8. The van der Waals surface area contributed by atoms with Crippen LogP contribution in [0.15, 0.2) is 52.8 Å². The number of guanidine groups is 1. The van der Waals surface area contributed by atoms with Crippen LogP contribution in [-0.2, 0) is 0 Å². The first-order chi connectivity index (χ1) is 11.7. The van der Waals surface area contributed by atoms with E-state index in [0.717, 1.165) is 24.6 Å². The average molecular weight is 473 g/mol. The number of nitrogens with one attached hydrogen (secondary N) is 2. The fourth-order valence-electron chi connectivity index (χ4n) is 2.40. The van der Waals surface area contributed by atoms with Gasteiger partial charge in [0.1, 0.15) is 0 Å². The second kappa shape index (κ2) is 12.3. The van der Waals surface area contributed by atoms with Crippen molar-refractivity contribution in [1.82, 2.24) is 10.6 Å². The lowest BCUT2D eigenvalue weighted by molar-refractivity contribution is 0.168. The van der Waals surface area contributed by atoms with Gasteiger partial charge in [-0.15, -0.1) is 35.3 Å². The minimum Gasteiger partial charge on any atom is -0.388 e. The maximum Gasteiger partial charge on any atom is 0.191 e. The highest BCUT2D eigenvalue weighted by Gasteiger charge is 2.08. The number of benzene rings is 1. The number of nitrogens with zero attached hydrogens (tertiary/aromatic N) is 1. The Morgan fingerprint density at radius 1 is 1.16 bits per heavy atom. The monoisotopic (exact) mass is 473 g/mol. The van der Waals surface area contributed by atoms with E-state index in [0.29, 0.717) is 18.9 Å². The smallest absolute Gasteiger partial charge is 0.191 e. The second-order valence-corrected chi connectivity index (χ2v) is 6.76. The van der Waals surface area contributed by atoms with E-state index in [1.165, 1.54) is 4.88 Å². The van der Waals surface area contributed by atoms with E-state index in [-0.39, 0.29) is 24.0 Å². The summed E-state index contributed by atoms with van der Waals surface area (Å²) in [6, 6.07) is 14.0. The number of aliphatic imine (C=N–C) groups is 1. The van der Waals surface area contributed by atoms with Crippen LogP contribution in [-0.4, -0.2) is 30.7 Å². The standard InChI is InChI=1S/C19H27N3OS.HI/c1-3-20-19(22-14-15(2)18-10-7-13-24-18)21-12-11-17(23)16-8-5-4-6-9-16;/h4-10,13,15,17,23H,3,11-12,14H2,1-2H3,(H2,20,21,22);1H. The molecule has 3 N–H and O–H groups in total. The molecule has 1 aromatic carbocycles. The van der Waals surface area contributed by atoms with Crippen molar-refractivity contribution < 1.29 is 5.11 Å². The summed E-state index contributed by atoms with van der Waals surface area (Å²) in [5.74, 6) is 1.22. The third kappa shape index (κ3) is 7.75. The van der Waals surface area contributed by atoms with Crippen LogP contribution in [0.3, 0.4) is 0 Å². The molecule has 2 aromatic rings. The molecule has 2 unspecified atom stereocenters. The Morgan fingerprint density at radius 2 is 1.92 bits per heavy atom. The summed E-state index contributed by atoms with van der Waals surface area (Å²) < 4.78 is 0.